The molecule has 1 rings (SSSR count). The normalized spacial score (nSPS) is 11.6. The Morgan fingerprint density at radius 2 is 1.95 bits per heavy atom. The van der Waals surface area contributed by atoms with E-state index in [0.29, 0.717) is 13.2 Å². The summed E-state index contributed by atoms with van der Waals surface area (Å²) in [6.07, 6.45) is 0. The van der Waals surface area contributed by atoms with Gasteiger partial charge in [0.05, 0.1) is 13.2 Å². The summed E-state index contributed by atoms with van der Waals surface area (Å²) in [5, 5.41) is 6.47. The number of benzene rings is 1. The van der Waals surface area contributed by atoms with E-state index in [0.717, 1.165) is 18.1 Å². The highest BCUT2D eigenvalue weighted by molar-refractivity contribution is 14.0. The Kier molecular flexibility index (Phi) is 9.39. The average molecular weight is 423 g/mol. The van der Waals surface area contributed by atoms with Crippen molar-refractivity contribution in [1.82, 2.24) is 10.6 Å². The third-order valence-electron chi connectivity index (χ3n) is 2.55. The van der Waals surface area contributed by atoms with E-state index >= 15 is 0 Å². The Bertz CT molecular complexity index is 487. The van der Waals surface area contributed by atoms with Crippen LogP contribution in [0.3, 0.4) is 0 Å². The molecular weight excluding hydrogens is 396 g/mol. The summed E-state index contributed by atoms with van der Waals surface area (Å²) >= 11 is 0. The number of rotatable bonds is 5. The van der Waals surface area contributed by atoms with Crippen LogP contribution < -0.4 is 15.4 Å². The van der Waals surface area contributed by atoms with E-state index in [1.54, 1.807) is 6.07 Å². The Balaban J connectivity index is 0.00000441. The molecule has 1 aromatic rings. The molecule has 0 aliphatic rings. The van der Waals surface area contributed by atoms with Crippen molar-refractivity contribution in [2.75, 3.05) is 13.2 Å². The first-order chi connectivity index (χ1) is 9.85. The lowest BCUT2D eigenvalue weighted by molar-refractivity contribution is 0.321. The molecule has 0 amide bonds. The maximum atomic E-state index is 13.8. The summed E-state index contributed by atoms with van der Waals surface area (Å²) in [6, 6.07) is 4.95. The first kappa shape index (κ1) is 20.9. The van der Waals surface area contributed by atoms with Crippen molar-refractivity contribution in [2.45, 2.75) is 46.7 Å². The maximum absolute atomic E-state index is 13.8. The molecule has 0 unspecified atom stereocenters. The highest BCUT2D eigenvalue weighted by Crippen LogP contribution is 2.18. The lowest BCUT2D eigenvalue weighted by Gasteiger charge is -2.23. The van der Waals surface area contributed by atoms with Crippen LogP contribution in [-0.2, 0) is 6.54 Å². The van der Waals surface area contributed by atoms with Crippen LogP contribution in [-0.4, -0.2) is 24.7 Å². The highest BCUT2D eigenvalue weighted by Gasteiger charge is 2.11. The second-order valence-electron chi connectivity index (χ2n) is 5.77. The van der Waals surface area contributed by atoms with Gasteiger partial charge in [-0.2, -0.15) is 0 Å². The van der Waals surface area contributed by atoms with Crippen LogP contribution in [0.15, 0.2) is 23.2 Å². The molecule has 2 N–H and O–H groups in total. The van der Waals surface area contributed by atoms with Crippen molar-refractivity contribution in [2.24, 2.45) is 4.99 Å². The van der Waals surface area contributed by atoms with Gasteiger partial charge in [-0.1, -0.05) is 6.07 Å². The van der Waals surface area contributed by atoms with Gasteiger partial charge in [0.15, 0.2) is 17.5 Å². The number of guanidine groups is 1. The average Bonchev–Trinajstić information content (AvgIpc) is 2.38. The fourth-order valence-corrected chi connectivity index (χ4v) is 1.75. The highest BCUT2D eigenvalue weighted by atomic mass is 127. The van der Waals surface area contributed by atoms with Gasteiger partial charge >= 0.3 is 0 Å². The van der Waals surface area contributed by atoms with Crippen LogP contribution in [0.5, 0.6) is 5.75 Å². The van der Waals surface area contributed by atoms with Gasteiger partial charge in [0, 0.05) is 12.1 Å². The number of hydrogen-bond donors (Lipinski definition) is 2. The molecule has 0 saturated carbocycles. The van der Waals surface area contributed by atoms with Crippen LogP contribution in [0.25, 0.3) is 0 Å². The molecule has 0 atom stereocenters. The zero-order valence-electron chi connectivity index (χ0n) is 14.0. The summed E-state index contributed by atoms with van der Waals surface area (Å²) in [5.41, 5.74) is 0.729. The number of aliphatic imine (C=N–C) groups is 1. The smallest absolute Gasteiger partial charge is 0.191 e. The van der Waals surface area contributed by atoms with Crippen molar-refractivity contribution in [3.8, 4) is 5.75 Å². The van der Waals surface area contributed by atoms with E-state index in [1.807, 2.05) is 19.9 Å². The molecule has 6 heteroatoms. The van der Waals surface area contributed by atoms with Gasteiger partial charge in [-0.25, -0.2) is 9.38 Å². The fourth-order valence-electron chi connectivity index (χ4n) is 1.75. The Hall–Kier alpha value is -1.05. The minimum Gasteiger partial charge on any atom is -0.491 e. The third kappa shape index (κ3) is 7.82. The van der Waals surface area contributed by atoms with Gasteiger partial charge in [0.1, 0.15) is 0 Å². The van der Waals surface area contributed by atoms with Gasteiger partial charge in [0.25, 0.3) is 0 Å². The SMILES string of the molecule is CCNC(=NCc1ccc(OCC)c(F)c1)NC(C)(C)C.I. The summed E-state index contributed by atoms with van der Waals surface area (Å²) in [5.74, 6) is 0.655. The summed E-state index contributed by atoms with van der Waals surface area (Å²) in [6.45, 7) is 11.7. The molecule has 126 valence electrons. The number of nitrogens with one attached hydrogen (secondary N) is 2. The van der Waals surface area contributed by atoms with Crippen molar-refractivity contribution in [3.05, 3.63) is 29.6 Å². The predicted octanol–water partition coefficient (Wildman–Crippen LogP) is 3.70. The van der Waals surface area contributed by atoms with E-state index in [9.17, 15) is 4.39 Å². The molecule has 0 radical (unpaired) electrons. The molecule has 0 aliphatic heterocycles. The molecule has 0 fully saturated rings. The molecule has 0 saturated heterocycles. The van der Waals surface area contributed by atoms with E-state index in [-0.39, 0.29) is 41.1 Å². The van der Waals surface area contributed by atoms with Crippen LogP contribution in [0.2, 0.25) is 0 Å². The third-order valence-corrected chi connectivity index (χ3v) is 2.55. The second-order valence-corrected chi connectivity index (χ2v) is 5.77. The molecule has 0 aliphatic carbocycles. The number of nitrogens with zero attached hydrogens (tertiary/aromatic N) is 1. The molecule has 1 aromatic carbocycles. The van der Waals surface area contributed by atoms with Crippen molar-refractivity contribution < 1.29 is 9.13 Å². The minimum atomic E-state index is -0.349. The van der Waals surface area contributed by atoms with Crippen LogP contribution in [0.1, 0.15) is 40.2 Å². The number of halogens is 2. The second kappa shape index (κ2) is 9.86. The van der Waals surface area contributed by atoms with Gasteiger partial charge in [0.2, 0.25) is 0 Å². The fraction of sp³-hybridized carbons (Fsp3) is 0.562. The van der Waals surface area contributed by atoms with Gasteiger partial charge in [-0.3, -0.25) is 0 Å². The molecule has 0 aromatic heterocycles. The van der Waals surface area contributed by atoms with Gasteiger partial charge in [-0.15, -0.1) is 24.0 Å². The monoisotopic (exact) mass is 423 g/mol. The van der Waals surface area contributed by atoms with E-state index in [1.165, 1.54) is 6.07 Å². The zero-order chi connectivity index (χ0) is 15.9. The van der Waals surface area contributed by atoms with E-state index in [4.69, 9.17) is 4.74 Å². The first-order valence-electron chi connectivity index (χ1n) is 7.33. The van der Waals surface area contributed by atoms with Crippen LogP contribution >= 0.6 is 24.0 Å². The largest absolute Gasteiger partial charge is 0.491 e. The van der Waals surface area contributed by atoms with Crippen LogP contribution in [0.4, 0.5) is 4.39 Å². The van der Waals surface area contributed by atoms with Crippen molar-refractivity contribution >= 4 is 29.9 Å². The summed E-state index contributed by atoms with van der Waals surface area (Å²) in [4.78, 5) is 4.47. The molecule has 0 heterocycles. The van der Waals surface area contributed by atoms with E-state index in [2.05, 4.69) is 36.4 Å². The number of ether oxygens (including phenoxy) is 1. The quantitative estimate of drug-likeness (QED) is 0.432. The Morgan fingerprint density at radius 1 is 1.27 bits per heavy atom. The molecule has 0 spiro atoms. The standard InChI is InChI=1S/C16H26FN3O.HI/c1-6-18-15(20-16(3,4)5)19-11-12-8-9-14(21-7-2)13(17)10-12;/h8-10H,6-7,11H2,1-5H3,(H2,18,19,20);1H. The van der Waals surface area contributed by atoms with Crippen LogP contribution in [0, 0.1) is 5.82 Å². The Labute approximate surface area is 149 Å². The minimum absolute atomic E-state index is 0. The number of hydrogen-bond acceptors (Lipinski definition) is 2. The molecular formula is C16H27FIN3O. The summed E-state index contributed by atoms with van der Waals surface area (Å²) in [7, 11) is 0. The lowest BCUT2D eigenvalue weighted by atomic mass is 10.1. The maximum Gasteiger partial charge on any atom is 0.191 e. The molecule has 4 nitrogen and oxygen atoms in total. The van der Waals surface area contributed by atoms with Crippen molar-refractivity contribution in [1.29, 1.82) is 0 Å². The lowest BCUT2D eigenvalue weighted by Crippen LogP contribution is -2.47. The van der Waals surface area contributed by atoms with Gasteiger partial charge < -0.3 is 15.4 Å². The molecule has 0 bridgehead atoms. The first-order valence-corrected chi connectivity index (χ1v) is 7.33. The zero-order valence-corrected chi connectivity index (χ0v) is 16.3. The summed E-state index contributed by atoms with van der Waals surface area (Å²) < 4.78 is 19.0. The predicted molar refractivity (Wildman–Crippen MR) is 101 cm³/mol. The van der Waals surface area contributed by atoms with E-state index < -0.39 is 0 Å². The topological polar surface area (TPSA) is 45.7 Å². The Morgan fingerprint density at radius 3 is 2.45 bits per heavy atom. The van der Waals surface area contributed by atoms with Crippen molar-refractivity contribution in [3.63, 3.8) is 0 Å². The molecule has 22 heavy (non-hydrogen) atoms. The van der Waals surface area contributed by atoms with Gasteiger partial charge in [-0.05, 0) is 52.3 Å².